The summed E-state index contributed by atoms with van der Waals surface area (Å²) in [6, 6.07) is 14.7. The van der Waals surface area contributed by atoms with Crippen LogP contribution in [0.1, 0.15) is 23.2 Å². The third kappa shape index (κ3) is 3.34. The van der Waals surface area contributed by atoms with Crippen LogP contribution in [0.15, 0.2) is 54.7 Å². The number of H-pyrrole nitrogens is 1. The normalized spacial score (nSPS) is 13.4. The summed E-state index contributed by atoms with van der Waals surface area (Å²) in [7, 11) is 1.57. The van der Waals surface area contributed by atoms with E-state index in [9.17, 15) is 9.90 Å². The average molecular weight is 400 g/mol. The molecule has 7 heteroatoms. The maximum Gasteiger partial charge on any atom is 0.251 e. The Morgan fingerprint density at radius 1 is 1.17 bits per heavy atom. The smallest absolute Gasteiger partial charge is 0.251 e. The molecule has 1 fully saturated rings. The zero-order chi connectivity index (χ0) is 20.7. The van der Waals surface area contributed by atoms with Gasteiger partial charge in [-0.05, 0) is 60.9 Å². The van der Waals surface area contributed by atoms with Crippen LogP contribution in [-0.2, 0) is 0 Å². The Kier molecular flexibility index (Phi) is 4.35. The number of phenolic OH excluding ortho intramolecular Hbond substituents is 1. The van der Waals surface area contributed by atoms with Crippen LogP contribution in [0.5, 0.6) is 11.6 Å². The van der Waals surface area contributed by atoms with E-state index in [4.69, 9.17) is 4.74 Å². The molecule has 0 spiro atoms. The summed E-state index contributed by atoms with van der Waals surface area (Å²) in [5.74, 6) is 1.05. The van der Waals surface area contributed by atoms with Crippen LogP contribution < -0.4 is 10.1 Å². The number of ether oxygens (including phenoxy) is 1. The number of rotatable bonds is 5. The quantitative estimate of drug-likeness (QED) is 0.472. The lowest BCUT2D eigenvalue weighted by molar-refractivity contribution is 0.0951. The van der Waals surface area contributed by atoms with E-state index in [2.05, 4.69) is 20.3 Å². The van der Waals surface area contributed by atoms with Crippen LogP contribution in [0, 0.1) is 0 Å². The van der Waals surface area contributed by atoms with E-state index in [0.717, 1.165) is 35.0 Å². The summed E-state index contributed by atoms with van der Waals surface area (Å²) in [6.45, 7) is 0. The van der Waals surface area contributed by atoms with Gasteiger partial charge in [-0.15, -0.1) is 0 Å². The Balaban J connectivity index is 1.53. The van der Waals surface area contributed by atoms with Crippen molar-refractivity contribution in [2.75, 3.05) is 7.11 Å². The largest absolute Gasteiger partial charge is 0.507 e. The monoisotopic (exact) mass is 400 g/mol. The van der Waals surface area contributed by atoms with Gasteiger partial charge in [0.2, 0.25) is 5.88 Å². The molecule has 4 aromatic rings. The summed E-state index contributed by atoms with van der Waals surface area (Å²) >= 11 is 0. The van der Waals surface area contributed by atoms with E-state index in [1.807, 2.05) is 24.3 Å². The van der Waals surface area contributed by atoms with Gasteiger partial charge in [-0.2, -0.15) is 0 Å². The van der Waals surface area contributed by atoms with Gasteiger partial charge in [-0.1, -0.05) is 6.07 Å². The van der Waals surface area contributed by atoms with Gasteiger partial charge in [-0.25, -0.2) is 9.97 Å². The molecule has 0 bridgehead atoms. The van der Waals surface area contributed by atoms with Gasteiger partial charge in [0.15, 0.2) is 0 Å². The van der Waals surface area contributed by atoms with E-state index >= 15 is 0 Å². The molecular weight excluding hydrogens is 380 g/mol. The van der Waals surface area contributed by atoms with Crippen molar-refractivity contribution in [3.05, 3.63) is 60.3 Å². The fourth-order valence-corrected chi connectivity index (χ4v) is 3.44. The molecule has 0 radical (unpaired) electrons. The number of nitrogens with one attached hydrogen (secondary N) is 2. The Bertz CT molecular complexity index is 1260. The van der Waals surface area contributed by atoms with Gasteiger partial charge in [0, 0.05) is 23.4 Å². The predicted molar refractivity (Wildman–Crippen MR) is 113 cm³/mol. The first kappa shape index (κ1) is 18.2. The number of aromatic nitrogens is 3. The molecule has 0 unspecified atom stereocenters. The van der Waals surface area contributed by atoms with Crippen LogP contribution >= 0.6 is 0 Å². The van der Waals surface area contributed by atoms with Gasteiger partial charge < -0.3 is 20.1 Å². The van der Waals surface area contributed by atoms with Crippen LogP contribution in [-0.4, -0.2) is 39.1 Å². The highest BCUT2D eigenvalue weighted by molar-refractivity contribution is 5.98. The fraction of sp³-hybridized carbons (Fsp3) is 0.174. The molecule has 150 valence electrons. The number of methoxy groups -OCH3 is 1. The van der Waals surface area contributed by atoms with E-state index in [1.165, 1.54) is 0 Å². The van der Waals surface area contributed by atoms with E-state index in [0.29, 0.717) is 28.9 Å². The summed E-state index contributed by atoms with van der Waals surface area (Å²) in [5.41, 5.74) is 4.25. The maximum atomic E-state index is 12.3. The number of aromatic amines is 1. The second-order valence-electron chi connectivity index (χ2n) is 7.36. The third-order valence-corrected chi connectivity index (χ3v) is 5.18. The van der Waals surface area contributed by atoms with E-state index in [1.54, 1.807) is 37.6 Å². The Morgan fingerprint density at radius 2 is 2.03 bits per heavy atom. The molecule has 1 aliphatic rings. The molecule has 3 N–H and O–H groups in total. The number of pyridine rings is 1. The number of hydrogen-bond donors (Lipinski definition) is 3. The standard InChI is InChI=1S/C23H20N4O3/c1-30-23-16(3-2-10-24-23)13-5-9-20(28)17(11-13)21-26-18-8-4-14(12-19(18)27-21)22(29)25-15-6-7-15/h2-5,8-12,15,28H,6-7H2,1H3,(H,25,29)(H,26,27). The molecule has 1 saturated carbocycles. The second kappa shape index (κ2) is 7.18. The topological polar surface area (TPSA) is 100 Å². The lowest BCUT2D eigenvalue weighted by Gasteiger charge is -2.09. The minimum absolute atomic E-state index is 0.0796. The molecule has 5 rings (SSSR count). The van der Waals surface area contributed by atoms with Gasteiger partial charge in [0.1, 0.15) is 11.6 Å². The van der Waals surface area contributed by atoms with Crippen molar-refractivity contribution in [2.45, 2.75) is 18.9 Å². The minimum Gasteiger partial charge on any atom is -0.507 e. The van der Waals surface area contributed by atoms with Crippen LogP contribution in [0.4, 0.5) is 0 Å². The number of aromatic hydroxyl groups is 1. The van der Waals surface area contributed by atoms with Crippen molar-refractivity contribution >= 4 is 16.9 Å². The minimum atomic E-state index is -0.0796. The predicted octanol–water partition coefficient (Wildman–Crippen LogP) is 3.90. The number of nitrogens with zero attached hydrogens (tertiary/aromatic N) is 2. The average Bonchev–Trinajstić information content (AvgIpc) is 3.48. The lowest BCUT2D eigenvalue weighted by atomic mass is 10.0. The van der Waals surface area contributed by atoms with Crippen molar-refractivity contribution < 1.29 is 14.6 Å². The number of carbonyl (C=O) groups is 1. The van der Waals surface area contributed by atoms with Crippen LogP contribution in [0.25, 0.3) is 33.5 Å². The van der Waals surface area contributed by atoms with Gasteiger partial charge in [-0.3, -0.25) is 4.79 Å². The third-order valence-electron chi connectivity index (χ3n) is 5.18. The number of imidazole rings is 1. The van der Waals surface area contributed by atoms with Crippen molar-refractivity contribution in [3.63, 3.8) is 0 Å². The number of amides is 1. The molecule has 0 atom stereocenters. The highest BCUT2D eigenvalue weighted by atomic mass is 16.5. The van der Waals surface area contributed by atoms with Gasteiger partial charge in [0.05, 0.1) is 23.7 Å². The van der Waals surface area contributed by atoms with Crippen molar-refractivity contribution in [2.24, 2.45) is 0 Å². The molecule has 2 aromatic carbocycles. The highest BCUT2D eigenvalue weighted by Gasteiger charge is 2.24. The first-order chi connectivity index (χ1) is 14.6. The molecule has 1 amide bonds. The number of benzene rings is 2. The maximum absolute atomic E-state index is 12.3. The molecule has 0 aliphatic heterocycles. The number of fused-ring (bicyclic) bond motifs is 1. The molecule has 2 heterocycles. The van der Waals surface area contributed by atoms with E-state index in [-0.39, 0.29) is 11.7 Å². The molecule has 0 saturated heterocycles. The molecule has 7 nitrogen and oxygen atoms in total. The zero-order valence-electron chi connectivity index (χ0n) is 16.3. The molecule has 1 aliphatic carbocycles. The van der Waals surface area contributed by atoms with Crippen molar-refractivity contribution in [3.8, 4) is 34.1 Å². The van der Waals surface area contributed by atoms with Crippen molar-refractivity contribution in [1.82, 2.24) is 20.3 Å². The summed E-state index contributed by atoms with van der Waals surface area (Å²) in [4.78, 5) is 24.4. The first-order valence-electron chi connectivity index (χ1n) is 9.76. The lowest BCUT2D eigenvalue weighted by Crippen LogP contribution is -2.25. The summed E-state index contributed by atoms with van der Waals surface area (Å²) in [5, 5.41) is 13.5. The first-order valence-corrected chi connectivity index (χ1v) is 9.76. The Labute approximate surface area is 172 Å². The number of hydrogen-bond acceptors (Lipinski definition) is 5. The molecule has 30 heavy (non-hydrogen) atoms. The van der Waals surface area contributed by atoms with Crippen LogP contribution in [0.3, 0.4) is 0 Å². The summed E-state index contributed by atoms with van der Waals surface area (Å²) in [6.07, 6.45) is 3.75. The van der Waals surface area contributed by atoms with Gasteiger partial charge >= 0.3 is 0 Å². The highest BCUT2D eigenvalue weighted by Crippen LogP contribution is 2.35. The Morgan fingerprint density at radius 3 is 2.83 bits per heavy atom. The van der Waals surface area contributed by atoms with E-state index < -0.39 is 0 Å². The summed E-state index contributed by atoms with van der Waals surface area (Å²) < 4.78 is 5.36. The fourth-order valence-electron chi connectivity index (χ4n) is 3.44. The van der Waals surface area contributed by atoms with Gasteiger partial charge in [0.25, 0.3) is 5.91 Å². The van der Waals surface area contributed by atoms with Crippen LogP contribution in [0.2, 0.25) is 0 Å². The zero-order valence-corrected chi connectivity index (χ0v) is 16.3. The number of phenols is 1. The SMILES string of the molecule is COc1ncccc1-c1ccc(O)c(-c2nc3ccc(C(=O)NC4CC4)cc3[nH]2)c1. The number of carbonyl (C=O) groups excluding carboxylic acids is 1. The van der Waals surface area contributed by atoms with Crippen molar-refractivity contribution in [1.29, 1.82) is 0 Å². The second-order valence-corrected chi connectivity index (χ2v) is 7.36. The molecule has 2 aromatic heterocycles. The Hall–Kier alpha value is -3.87. The molecular formula is C23H20N4O3.